The molecule has 0 aliphatic carbocycles. The van der Waals surface area contributed by atoms with E-state index in [1.54, 1.807) is 13.0 Å². The van der Waals surface area contributed by atoms with E-state index in [1.807, 2.05) is 0 Å². The lowest BCUT2D eigenvalue weighted by atomic mass is 9.88. The molecule has 1 saturated heterocycles. The van der Waals surface area contributed by atoms with E-state index in [4.69, 9.17) is 0 Å². The molecule has 1 aromatic rings. The molecule has 1 atom stereocenters. The topological polar surface area (TPSA) is 79.6 Å². The number of carbonyl (C=O) groups is 2. The third-order valence-corrected chi connectivity index (χ3v) is 4.37. The molecule has 0 saturated carbocycles. The van der Waals surface area contributed by atoms with Gasteiger partial charge in [0.05, 0.1) is 0 Å². The molecule has 2 heterocycles. The minimum atomic E-state index is -1.19. The van der Waals surface area contributed by atoms with Gasteiger partial charge in [0.2, 0.25) is 5.91 Å². The van der Waals surface area contributed by atoms with Crippen LogP contribution in [0.2, 0.25) is 0 Å². The van der Waals surface area contributed by atoms with Gasteiger partial charge in [0.1, 0.15) is 12.1 Å². The van der Waals surface area contributed by atoms with E-state index in [1.165, 1.54) is 21.7 Å². The molecule has 2 rings (SSSR count). The van der Waals surface area contributed by atoms with Crippen LogP contribution in [-0.2, 0) is 16.1 Å². The second-order valence-corrected chi connectivity index (χ2v) is 6.31. The quantitative estimate of drug-likeness (QED) is 0.889. The van der Waals surface area contributed by atoms with Crippen molar-refractivity contribution in [2.45, 2.75) is 38.3 Å². The molecular weight excluding hydrogens is 340 g/mol. The first-order valence-corrected chi connectivity index (χ1v) is 7.54. The number of aliphatic carboxylic acids is 1. The average Bonchev–Trinajstić information content (AvgIpc) is 2.43. The van der Waals surface area contributed by atoms with Crippen LogP contribution in [0, 0.1) is 0 Å². The molecule has 1 amide bonds. The zero-order chi connectivity index (χ0) is 15.6. The number of carboxylic acid groups (broad SMARTS) is 1. The van der Waals surface area contributed by atoms with Gasteiger partial charge in [-0.3, -0.25) is 9.59 Å². The first-order chi connectivity index (χ1) is 9.84. The van der Waals surface area contributed by atoms with Crippen LogP contribution in [0.4, 0.5) is 0 Å². The van der Waals surface area contributed by atoms with Crippen LogP contribution in [0.3, 0.4) is 0 Å². The third-order valence-electron chi connectivity index (χ3n) is 3.91. The summed E-state index contributed by atoms with van der Waals surface area (Å²) >= 11 is 3.25. The van der Waals surface area contributed by atoms with Crippen molar-refractivity contribution in [1.82, 2.24) is 9.47 Å². The molecule has 21 heavy (non-hydrogen) atoms. The van der Waals surface area contributed by atoms with Gasteiger partial charge in [-0.2, -0.15) is 0 Å². The van der Waals surface area contributed by atoms with Gasteiger partial charge in [-0.25, -0.2) is 4.79 Å². The van der Waals surface area contributed by atoms with E-state index in [-0.39, 0.29) is 18.0 Å². The maximum Gasteiger partial charge on any atom is 0.329 e. The Bertz CT molecular complexity index is 628. The molecule has 0 bridgehead atoms. The first kappa shape index (κ1) is 15.8. The Morgan fingerprint density at radius 1 is 1.38 bits per heavy atom. The third kappa shape index (κ3) is 3.18. The number of aromatic nitrogens is 1. The normalized spacial score (nSPS) is 22.1. The SMILES string of the molecule is CC1(C(=O)O)CCCCN1C(=O)Cn1cc(Br)ccc1=O. The average molecular weight is 357 g/mol. The highest BCUT2D eigenvalue weighted by Gasteiger charge is 2.43. The number of piperidine rings is 1. The summed E-state index contributed by atoms with van der Waals surface area (Å²) in [7, 11) is 0. The Labute approximate surface area is 130 Å². The Morgan fingerprint density at radius 3 is 2.76 bits per heavy atom. The van der Waals surface area contributed by atoms with Crippen molar-refractivity contribution in [3.8, 4) is 0 Å². The number of hydrogen-bond acceptors (Lipinski definition) is 3. The molecule has 1 aliphatic rings. The Kier molecular flexibility index (Phi) is 4.51. The fourth-order valence-electron chi connectivity index (χ4n) is 2.60. The van der Waals surface area contributed by atoms with Crippen molar-refractivity contribution < 1.29 is 14.7 Å². The summed E-state index contributed by atoms with van der Waals surface area (Å²) in [4.78, 5) is 37.1. The van der Waals surface area contributed by atoms with E-state index >= 15 is 0 Å². The van der Waals surface area contributed by atoms with Gasteiger partial charge < -0.3 is 14.6 Å². The van der Waals surface area contributed by atoms with Crippen molar-refractivity contribution >= 4 is 27.8 Å². The fraction of sp³-hybridized carbons (Fsp3) is 0.500. The van der Waals surface area contributed by atoms with Crippen LogP contribution in [0.15, 0.2) is 27.6 Å². The molecule has 6 nitrogen and oxygen atoms in total. The summed E-state index contributed by atoms with van der Waals surface area (Å²) in [6, 6.07) is 2.97. The van der Waals surface area contributed by atoms with Gasteiger partial charge >= 0.3 is 5.97 Å². The van der Waals surface area contributed by atoms with Crippen molar-refractivity contribution in [2.24, 2.45) is 0 Å². The molecule has 7 heteroatoms. The van der Waals surface area contributed by atoms with Gasteiger partial charge in [0.15, 0.2) is 0 Å². The highest BCUT2D eigenvalue weighted by atomic mass is 79.9. The van der Waals surface area contributed by atoms with Crippen LogP contribution in [-0.4, -0.2) is 38.5 Å². The number of nitrogens with zero attached hydrogens (tertiary/aromatic N) is 2. The molecule has 0 radical (unpaired) electrons. The molecule has 1 aromatic heterocycles. The highest BCUT2D eigenvalue weighted by molar-refractivity contribution is 9.10. The van der Waals surface area contributed by atoms with E-state index < -0.39 is 11.5 Å². The smallest absolute Gasteiger partial charge is 0.329 e. The van der Waals surface area contributed by atoms with Crippen molar-refractivity contribution in [1.29, 1.82) is 0 Å². The number of carbonyl (C=O) groups excluding carboxylic acids is 1. The maximum atomic E-state index is 12.4. The van der Waals surface area contributed by atoms with E-state index in [2.05, 4.69) is 15.9 Å². The standard InChI is InChI=1S/C14H17BrN2O4/c1-14(13(20)21)6-2-3-7-17(14)12(19)9-16-8-10(15)4-5-11(16)18/h4-5,8H,2-3,6-7,9H2,1H3,(H,20,21). The summed E-state index contributed by atoms with van der Waals surface area (Å²) in [6.45, 7) is 1.82. The molecule has 0 spiro atoms. The lowest BCUT2D eigenvalue weighted by Crippen LogP contribution is -2.58. The van der Waals surface area contributed by atoms with Crippen LogP contribution >= 0.6 is 15.9 Å². The summed E-state index contributed by atoms with van der Waals surface area (Å²) in [5, 5.41) is 9.41. The maximum absolute atomic E-state index is 12.4. The van der Waals surface area contributed by atoms with E-state index in [9.17, 15) is 19.5 Å². The molecule has 1 unspecified atom stereocenters. The number of likely N-dealkylation sites (tertiary alicyclic amines) is 1. The summed E-state index contributed by atoms with van der Waals surface area (Å²) in [5.41, 5.74) is -1.48. The van der Waals surface area contributed by atoms with Crippen LogP contribution in [0.5, 0.6) is 0 Å². The monoisotopic (exact) mass is 356 g/mol. The summed E-state index contributed by atoms with van der Waals surface area (Å²) < 4.78 is 1.97. The van der Waals surface area contributed by atoms with Gasteiger partial charge in [-0.1, -0.05) is 0 Å². The van der Waals surface area contributed by atoms with E-state index in [0.29, 0.717) is 17.4 Å². The number of rotatable bonds is 3. The minimum Gasteiger partial charge on any atom is -0.480 e. The first-order valence-electron chi connectivity index (χ1n) is 6.74. The molecule has 114 valence electrons. The molecular formula is C14H17BrN2O4. The van der Waals surface area contributed by atoms with Gasteiger partial charge in [-0.05, 0) is 48.2 Å². The van der Waals surface area contributed by atoms with Crippen LogP contribution in [0.25, 0.3) is 0 Å². The Balaban J connectivity index is 2.24. The number of pyridine rings is 1. The number of amides is 1. The number of halogens is 1. The fourth-order valence-corrected chi connectivity index (χ4v) is 2.98. The summed E-state index contributed by atoms with van der Waals surface area (Å²) in [6.07, 6.45) is 3.52. The van der Waals surface area contributed by atoms with Crippen molar-refractivity contribution in [2.75, 3.05) is 6.54 Å². The largest absolute Gasteiger partial charge is 0.480 e. The summed E-state index contributed by atoms with van der Waals surface area (Å²) in [5.74, 6) is -1.35. The highest BCUT2D eigenvalue weighted by Crippen LogP contribution is 2.28. The minimum absolute atomic E-state index is 0.152. The lowest BCUT2D eigenvalue weighted by Gasteiger charge is -2.41. The van der Waals surface area contributed by atoms with Gasteiger partial charge in [0.25, 0.3) is 5.56 Å². The number of carboxylic acids is 1. The molecule has 1 aliphatic heterocycles. The van der Waals surface area contributed by atoms with Crippen LogP contribution < -0.4 is 5.56 Å². The lowest BCUT2D eigenvalue weighted by molar-refractivity contribution is -0.161. The predicted octanol–water partition coefficient (Wildman–Crippen LogP) is 1.47. The zero-order valence-electron chi connectivity index (χ0n) is 11.7. The number of hydrogen-bond donors (Lipinski definition) is 1. The van der Waals surface area contributed by atoms with Crippen molar-refractivity contribution in [3.05, 3.63) is 33.2 Å². The van der Waals surface area contributed by atoms with Crippen molar-refractivity contribution in [3.63, 3.8) is 0 Å². The van der Waals surface area contributed by atoms with Gasteiger partial charge in [0, 0.05) is 23.3 Å². The molecule has 1 N–H and O–H groups in total. The second-order valence-electron chi connectivity index (χ2n) is 5.39. The Hall–Kier alpha value is -1.63. The van der Waals surface area contributed by atoms with Gasteiger partial charge in [-0.15, -0.1) is 0 Å². The molecule has 1 fully saturated rings. The second kappa shape index (κ2) is 6.01. The Morgan fingerprint density at radius 2 is 2.10 bits per heavy atom. The predicted molar refractivity (Wildman–Crippen MR) is 80.0 cm³/mol. The van der Waals surface area contributed by atoms with Crippen LogP contribution in [0.1, 0.15) is 26.2 Å². The van der Waals surface area contributed by atoms with E-state index in [0.717, 1.165) is 12.8 Å². The molecule has 0 aromatic carbocycles. The zero-order valence-corrected chi connectivity index (χ0v) is 13.3.